The number of rotatable bonds is 2. The molecule has 0 radical (unpaired) electrons. The van der Waals surface area contributed by atoms with Crippen molar-refractivity contribution in [3.8, 4) is 0 Å². The number of benzene rings is 2. The van der Waals surface area contributed by atoms with E-state index in [1.807, 2.05) is 67.1 Å². The summed E-state index contributed by atoms with van der Waals surface area (Å²) in [5.74, 6) is 0. The first-order valence-electron chi connectivity index (χ1n) is 8.37. The molecule has 2 heterocycles. The van der Waals surface area contributed by atoms with Gasteiger partial charge in [-0.1, -0.05) is 36.4 Å². The van der Waals surface area contributed by atoms with Crippen molar-refractivity contribution < 1.29 is 8.42 Å². The Balaban J connectivity index is 1.96. The average Bonchev–Trinajstić information content (AvgIpc) is 2.77. The first kappa shape index (κ1) is 16.2. The average molecular weight is 355 g/mol. The molecule has 1 aliphatic rings. The lowest BCUT2D eigenvalue weighted by atomic mass is 10.2. The zero-order valence-corrected chi connectivity index (χ0v) is 15.2. The van der Waals surface area contributed by atoms with Gasteiger partial charge >= 0.3 is 0 Å². The third-order valence-electron chi connectivity index (χ3n) is 4.96. The lowest BCUT2D eigenvalue weighted by molar-refractivity contribution is 0.589. The van der Waals surface area contributed by atoms with Crippen LogP contribution in [0, 0.1) is 6.92 Å². The Hall–Kier alpha value is -2.31. The third kappa shape index (κ3) is 2.44. The van der Waals surface area contributed by atoms with E-state index in [2.05, 4.69) is 5.32 Å². The minimum absolute atomic E-state index is 0.405. The first-order valence-corrected chi connectivity index (χ1v) is 9.81. The fourth-order valence-electron chi connectivity index (χ4n) is 3.60. The van der Waals surface area contributed by atoms with Crippen LogP contribution in [-0.2, 0) is 23.6 Å². The van der Waals surface area contributed by atoms with Gasteiger partial charge in [0.05, 0.1) is 5.69 Å². The van der Waals surface area contributed by atoms with Crippen molar-refractivity contribution in [2.75, 3.05) is 17.4 Å². The number of aromatic nitrogens is 1. The van der Waals surface area contributed by atoms with Crippen molar-refractivity contribution >= 4 is 26.6 Å². The Bertz CT molecular complexity index is 1050. The lowest BCUT2D eigenvalue weighted by Gasteiger charge is -2.24. The summed E-state index contributed by atoms with van der Waals surface area (Å²) in [5, 5.41) is 4.08. The molecule has 25 heavy (non-hydrogen) atoms. The summed E-state index contributed by atoms with van der Waals surface area (Å²) in [5.41, 5.74) is 3.46. The molecule has 3 aromatic rings. The van der Waals surface area contributed by atoms with E-state index in [4.69, 9.17) is 0 Å². The molecule has 0 saturated carbocycles. The molecule has 4 rings (SSSR count). The number of para-hydroxylation sites is 2. The maximum absolute atomic E-state index is 13.6. The number of sulfonamides is 1. The number of nitrogens with one attached hydrogen (secondary N) is 1. The molecule has 130 valence electrons. The molecule has 6 heteroatoms. The molecule has 0 fully saturated rings. The van der Waals surface area contributed by atoms with Crippen LogP contribution in [0.4, 0.5) is 5.69 Å². The minimum Gasteiger partial charge on any atom is -0.347 e. The largest absolute Gasteiger partial charge is 0.347 e. The lowest BCUT2D eigenvalue weighted by Crippen LogP contribution is -2.35. The van der Waals surface area contributed by atoms with Crippen molar-refractivity contribution in [1.82, 2.24) is 9.88 Å². The van der Waals surface area contributed by atoms with Gasteiger partial charge in [-0.25, -0.2) is 8.42 Å². The summed E-state index contributed by atoms with van der Waals surface area (Å²) in [6.07, 6.45) is 0. The van der Waals surface area contributed by atoms with Gasteiger partial charge in [-0.15, -0.1) is 0 Å². The van der Waals surface area contributed by atoms with Gasteiger partial charge in [0.25, 0.3) is 10.0 Å². The molecule has 2 aromatic carbocycles. The predicted octanol–water partition coefficient (Wildman–Crippen LogP) is 2.79. The maximum Gasteiger partial charge on any atom is 0.266 e. The van der Waals surface area contributed by atoms with E-state index < -0.39 is 10.0 Å². The van der Waals surface area contributed by atoms with E-state index in [9.17, 15) is 8.42 Å². The molecule has 1 N–H and O–H groups in total. The minimum atomic E-state index is -3.66. The number of nitrogens with zero attached hydrogens (tertiary/aromatic N) is 2. The summed E-state index contributed by atoms with van der Waals surface area (Å²) in [6.45, 7) is 3.59. The molecular formula is C19H21N3O2S. The molecule has 0 spiro atoms. The van der Waals surface area contributed by atoms with Crippen LogP contribution in [0.2, 0.25) is 0 Å². The molecule has 0 atom stereocenters. The summed E-state index contributed by atoms with van der Waals surface area (Å²) >= 11 is 0. The topological polar surface area (TPSA) is 54.3 Å². The van der Waals surface area contributed by atoms with Gasteiger partial charge < -0.3 is 9.88 Å². The fourth-order valence-corrected chi connectivity index (χ4v) is 5.55. The number of hydrogen-bond donors (Lipinski definition) is 1. The standard InChI is InChI=1S/C19H21N3O2S/c1-14-19(16-8-4-6-10-18(16)21(14)2)25(23,24)22-12-11-20-13-15-7-3-5-9-17(15)22/h3-10,20H,11-13H2,1-2H3. The maximum atomic E-state index is 13.6. The first-order chi connectivity index (χ1) is 12.0. The van der Waals surface area contributed by atoms with E-state index in [0.717, 1.165) is 27.8 Å². The third-order valence-corrected chi connectivity index (χ3v) is 6.95. The summed E-state index contributed by atoms with van der Waals surface area (Å²) < 4.78 is 30.8. The van der Waals surface area contributed by atoms with Crippen LogP contribution in [0.25, 0.3) is 10.9 Å². The highest BCUT2D eigenvalue weighted by Crippen LogP contribution is 2.34. The van der Waals surface area contributed by atoms with Crippen LogP contribution in [0.15, 0.2) is 53.4 Å². The van der Waals surface area contributed by atoms with Crippen molar-refractivity contribution in [3.05, 3.63) is 59.8 Å². The highest BCUT2D eigenvalue weighted by atomic mass is 32.2. The van der Waals surface area contributed by atoms with E-state index in [-0.39, 0.29) is 0 Å². The molecule has 0 bridgehead atoms. The Kier molecular flexibility index (Phi) is 3.81. The van der Waals surface area contributed by atoms with Gasteiger partial charge in [0.1, 0.15) is 4.90 Å². The van der Waals surface area contributed by atoms with E-state index in [0.29, 0.717) is 24.5 Å². The Labute approximate surface area is 147 Å². The SMILES string of the molecule is Cc1c(S(=O)(=O)N2CCNCc3ccccc32)c2ccccc2n1C. The number of aryl methyl sites for hydroxylation is 1. The van der Waals surface area contributed by atoms with Gasteiger partial charge in [0, 0.05) is 43.3 Å². The zero-order valence-electron chi connectivity index (χ0n) is 14.4. The number of hydrogen-bond acceptors (Lipinski definition) is 3. The van der Waals surface area contributed by atoms with Crippen LogP contribution in [0.5, 0.6) is 0 Å². The second-order valence-electron chi connectivity index (χ2n) is 6.37. The van der Waals surface area contributed by atoms with Gasteiger partial charge in [0.2, 0.25) is 0 Å². The van der Waals surface area contributed by atoms with Gasteiger partial charge in [-0.2, -0.15) is 0 Å². The van der Waals surface area contributed by atoms with Crippen LogP contribution >= 0.6 is 0 Å². The molecular weight excluding hydrogens is 334 g/mol. The Morgan fingerprint density at radius 2 is 1.76 bits per heavy atom. The number of anilines is 1. The van der Waals surface area contributed by atoms with Crippen molar-refractivity contribution in [1.29, 1.82) is 0 Å². The Morgan fingerprint density at radius 1 is 1.04 bits per heavy atom. The fraction of sp³-hybridized carbons (Fsp3) is 0.263. The molecule has 1 aliphatic heterocycles. The summed E-state index contributed by atoms with van der Waals surface area (Å²) in [7, 11) is -1.75. The molecule has 0 saturated heterocycles. The molecule has 5 nitrogen and oxygen atoms in total. The molecule has 0 unspecified atom stereocenters. The normalized spacial score (nSPS) is 15.2. The van der Waals surface area contributed by atoms with Gasteiger partial charge in [0.15, 0.2) is 0 Å². The van der Waals surface area contributed by atoms with Crippen LogP contribution < -0.4 is 9.62 Å². The van der Waals surface area contributed by atoms with Crippen LogP contribution in [0.3, 0.4) is 0 Å². The quantitative estimate of drug-likeness (QED) is 0.769. The number of fused-ring (bicyclic) bond motifs is 2. The van der Waals surface area contributed by atoms with E-state index in [1.165, 1.54) is 0 Å². The van der Waals surface area contributed by atoms with Crippen molar-refractivity contribution in [3.63, 3.8) is 0 Å². The highest BCUT2D eigenvalue weighted by Gasteiger charge is 2.32. The van der Waals surface area contributed by atoms with E-state index >= 15 is 0 Å². The van der Waals surface area contributed by atoms with Crippen LogP contribution in [-0.4, -0.2) is 26.1 Å². The van der Waals surface area contributed by atoms with Crippen molar-refractivity contribution in [2.45, 2.75) is 18.4 Å². The second kappa shape index (κ2) is 5.89. The van der Waals surface area contributed by atoms with E-state index in [1.54, 1.807) is 4.31 Å². The predicted molar refractivity (Wildman–Crippen MR) is 100 cm³/mol. The van der Waals surface area contributed by atoms with Crippen LogP contribution in [0.1, 0.15) is 11.3 Å². The monoisotopic (exact) mass is 355 g/mol. The Morgan fingerprint density at radius 3 is 2.60 bits per heavy atom. The zero-order chi connectivity index (χ0) is 17.6. The molecule has 1 aromatic heterocycles. The smallest absolute Gasteiger partial charge is 0.266 e. The van der Waals surface area contributed by atoms with Gasteiger partial charge in [-0.05, 0) is 24.6 Å². The summed E-state index contributed by atoms with van der Waals surface area (Å²) in [6, 6.07) is 15.4. The highest BCUT2D eigenvalue weighted by molar-refractivity contribution is 7.93. The molecule has 0 amide bonds. The van der Waals surface area contributed by atoms with Gasteiger partial charge in [-0.3, -0.25) is 4.31 Å². The molecule has 0 aliphatic carbocycles. The van der Waals surface area contributed by atoms with Crippen molar-refractivity contribution in [2.24, 2.45) is 7.05 Å². The second-order valence-corrected chi connectivity index (χ2v) is 8.17. The summed E-state index contributed by atoms with van der Waals surface area (Å²) in [4.78, 5) is 0.405.